The van der Waals surface area contributed by atoms with Crippen molar-refractivity contribution < 1.29 is 9.63 Å². The molecule has 3 rings (SSSR count). The molecule has 3 aromatic rings. The summed E-state index contributed by atoms with van der Waals surface area (Å²) in [7, 11) is 3.00. The number of fused-ring (bicyclic) bond motifs is 1. The highest BCUT2D eigenvalue weighted by atomic mass is 35.5. The van der Waals surface area contributed by atoms with Gasteiger partial charge in [0.1, 0.15) is 0 Å². The van der Waals surface area contributed by atoms with Crippen molar-refractivity contribution in [3.63, 3.8) is 0 Å². The van der Waals surface area contributed by atoms with Crippen molar-refractivity contribution in [2.45, 2.75) is 0 Å². The molecule has 0 N–H and O–H groups in total. The number of halogens is 1. The number of benzene rings is 1. The van der Waals surface area contributed by atoms with Crippen LogP contribution in [-0.4, -0.2) is 34.5 Å². The van der Waals surface area contributed by atoms with Crippen LogP contribution < -0.4 is 0 Å². The van der Waals surface area contributed by atoms with Gasteiger partial charge in [-0.2, -0.15) is 0 Å². The summed E-state index contributed by atoms with van der Waals surface area (Å²) in [4.78, 5) is 21.7. The maximum absolute atomic E-state index is 12.6. The molecule has 0 atom stereocenters. The predicted molar refractivity (Wildman–Crippen MR) is 84.7 cm³/mol. The Kier molecular flexibility index (Phi) is 3.83. The first-order chi connectivity index (χ1) is 10.6. The lowest BCUT2D eigenvalue weighted by molar-refractivity contribution is -0.0756. The molecule has 0 unspecified atom stereocenters. The zero-order chi connectivity index (χ0) is 15.7. The minimum Gasteiger partial charge on any atom is -0.297 e. The Morgan fingerprint density at radius 1 is 1.32 bits per heavy atom. The fourth-order valence-electron chi connectivity index (χ4n) is 2.35. The van der Waals surface area contributed by atoms with Gasteiger partial charge in [-0.25, -0.2) is 10.0 Å². The number of hydroxylamine groups is 2. The Labute approximate surface area is 132 Å². The van der Waals surface area contributed by atoms with Gasteiger partial charge in [0, 0.05) is 7.05 Å². The first-order valence-corrected chi connectivity index (χ1v) is 7.03. The van der Waals surface area contributed by atoms with Gasteiger partial charge in [0.05, 0.1) is 41.4 Å². The molecule has 0 saturated carbocycles. The van der Waals surface area contributed by atoms with Crippen LogP contribution in [0.5, 0.6) is 0 Å². The summed E-state index contributed by atoms with van der Waals surface area (Å²) in [5, 5.41) is 1.63. The molecule has 0 aliphatic carbocycles. The monoisotopic (exact) mass is 315 g/mol. The number of hydrogen-bond donors (Lipinski definition) is 0. The van der Waals surface area contributed by atoms with E-state index in [0.29, 0.717) is 10.6 Å². The molecule has 2 aromatic heterocycles. The van der Waals surface area contributed by atoms with Crippen molar-refractivity contribution >= 4 is 23.0 Å². The molecule has 112 valence electrons. The van der Waals surface area contributed by atoms with Gasteiger partial charge in [0.15, 0.2) is 0 Å². The number of rotatable bonds is 3. The number of carbonyl (C=O) groups excluding carboxylic acids is 1. The minimum absolute atomic E-state index is 0.279. The quantitative estimate of drug-likeness (QED) is 0.697. The molecule has 5 nitrogen and oxygen atoms in total. The van der Waals surface area contributed by atoms with E-state index in [1.165, 1.54) is 12.2 Å². The molecule has 0 fully saturated rings. The summed E-state index contributed by atoms with van der Waals surface area (Å²) in [6, 6.07) is 11.3. The minimum atomic E-state index is -0.279. The van der Waals surface area contributed by atoms with Crippen molar-refractivity contribution in [1.29, 1.82) is 0 Å². The second-order valence-corrected chi connectivity index (χ2v) is 5.16. The van der Waals surface area contributed by atoms with Crippen molar-refractivity contribution in [3.05, 3.63) is 59.5 Å². The second-order valence-electron chi connectivity index (χ2n) is 4.75. The van der Waals surface area contributed by atoms with Crippen LogP contribution in [0.2, 0.25) is 5.02 Å². The van der Waals surface area contributed by atoms with Crippen molar-refractivity contribution in [1.82, 2.24) is 14.4 Å². The van der Waals surface area contributed by atoms with E-state index in [4.69, 9.17) is 16.4 Å². The van der Waals surface area contributed by atoms with Gasteiger partial charge in [-0.15, -0.1) is 0 Å². The van der Waals surface area contributed by atoms with Crippen LogP contribution in [0.4, 0.5) is 0 Å². The van der Waals surface area contributed by atoms with Gasteiger partial charge in [0.2, 0.25) is 0 Å². The summed E-state index contributed by atoms with van der Waals surface area (Å²) < 4.78 is 1.81. The Bertz CT molecular complexity index is 830. The number of imidazole rings is 1. The maximum atomic E-state index is 12.6. The van der Waals surface area contributed by atoms with Gasteiger partial charge in [-0.3, -0.25) is 14.0 Å². The lowest BCUT2D eigenvalue weighted by Gasteiger charge is -2.18. The van der Waals surface area contributed by atoms with Gasteiger partial charge < -0.3 is 0 Å². The molecule has 0 aliphatic rings. The number of aromatic nitrogens is 2. The maximum Gasteiger partial charge on any atom is 0.279 e. The molecular weight excluding hydrogens is 302 g/mol. The molecule has 1 aromatic carbocycles. The summed E-state index contributed by atoms with van der Waals surface area (Å²) in [6.07, 6.45) is 3.32. The lowest BCUT2D eigenvalue weighted by Crippen LogP contribution is -2.26. The zero-order valence-corrected chi connectivity index (χ0v) is 12.9. The van der Waals surface area contributed by atoms with E-state index in [-0.39, 0.29) is 5.91 Å². The van der Waals surface area contributed by atoms with Crippen molar-refractivity contribution in [3.8, 4) is 11.3 Å². The topological polar surface area (TPSA) is 46.8 Å². The lowest BCUT2D eigenvalue weighted by atomic mass is 10.0. The fourth-order valence-corrected chi connectivity index (χ4v) is 2.60. The smallest absolute Gasteiger partial charge is 0.279 e. The number of nitrogens with zero attached hydrogens (tertiary/aromatic N) is 3. The first-order valence-electron chi connectivity index (χ1n) is 6.65. The van der Waals surface area contributed by atoms with Gasteiger partial charge in [-0.05, 0) is 11.6 Å². The Balaban J connectivity index is 2.33. The van der Waals surface area contributed by atoms with Crippen molar-refractivity contribution in [2.24, 2.45) is 0 Å². The highest BCUT2D eigenvalue weighted by Crippen LogP contribution is 2.30. The molecular formula is C16H14ClN3O2. The van der Waals surface area contributed by atoms with Gasteiger partial charge in [-0.1, -0.05) is 41.9 Å². The van der Waals surface area contributed by atoms with Crippen molar-refractivity contribution in [2.75, 3.05) is 14.2 Å². The summed E-state index contributed by atoms with van der Waals surface area (Å²) >= 11 is 6.28. The van der Waals surface area contributed by atoms with E-state index in [2.05, 4.69) is 4.98 Å². The largest absolute Gasteiger partial charge is 0.297 e. The molecule has 0 spiro atoms. The third kappa shape index (κ3) is 2.34. The van der Waals surface area contributed by atoms with Crippen LogP contribution in [0.3, 0.4) is 0 Å². The van der Waals surface area contributed by atoms with E-state index in [0.717, 1.165) is 16.8 Å². The SMILES string of the molecule is CON(C)C(=O)c1cc(Cl)c2cncn2c1-c1ccccc1. The number of pyridine rings is 1. The normalized spacial score (nSPS) is 10.9. The Morgan fingerprint density at radius 2 is 2.05 bits per heavy atom. The van der Waals surface area contributed by atoms with E-state index in [1.807, 2.05) is 34.7 Å². The first kappa shape index (κ1) is 14.6. The Hall–Kier alpha value is -2.37. The number of amides is 1. The van der Waals surface area contributed by atoms with Crippen LogP contribution in [-0.2, 0) is 4.84 Å². The van der Waals surface area contributed by atoms with Gasteiger partial charge in [0.25, 0.3) is 5.91 Å². The van der Waals surface area contributed by atoms with Crippen LogP contribution in [0, 0.1) is 0 Å². The van der Waals surface area contributed by atoms with Crippen LogP contribution in [0.15, 0.2) is 48.9 Å². The van der Waals surface area contributed by atoms with E-state index >= 15 is 0 Å². The number of hydrogen-bond acceptors (Lipinski definition) is 3. The average Bonchev–Trinajstić information content (AvgIpc) is 3.04. The summed E-state index contributed by atoms with van der Waals surface area (Å²) in [6.45, 7) is 0. The Morgan fingerprint density at radius 3 is 2.73 bits per heavy atom. The molecule has 2 heterocycles. The predicted octanol–water partition coefficient (Wildman–Crippen LogP) is 3.29. The molecule has 0 radical (unpaired) electrons. The third-order valence-corrected chi connectivity index (χ3v) is 3.79. The standard InChI is InChI=1S/C16H14ClN3O2/c1-19(22-2)16(21)12-8-13(17)14-9-18-10-20(14)15(12)11-6-4-3-5-7-11/h3-10H,1-2H3. The number of carbonyl (C=O) groups is 1. The summed E-state index contributed by atoms with van der Waals surface area (Å²) in [5.74, 6) is -0.279. The van der Waals surface area contributed by atoms with E-state index in [1.54, 1.807) is 25.6 Å². The van der Waals surface area contributed by atoms with Gasteiger partial charge >= 0.3 is 0 Å². The van der Waals surface area contributed by atoms with Crippen LogP contribution in [0.1, 0.15) is 10.4 Å². The van der Waals surface area contributed by atoms with E-state index in [9.17, 15) is 4.79 Å². The summed E-state index contributed by atoms with van der Waals surface area (Å²) in [5.41, 5.74) is 2.82. The average molecular weight is 316 g/mol. The molecule has 0 saturated heterocycles. The molecule has 1 amide bonds. The van der Waals surface area contributed by atoms with Crippen LogP contribution in [0.25, 0.3) is 16.8 Å². The molecule has 6 heteroatoms. The zero-order valence-electron chi connectivity index (χ0n) is 12.2. The van der Waals surface area contributed by atoms with Crippen LogP contribution >= 0.6 is 11.6 Å². The third-order valence-electron chi connectivity index (χ3n) is 3.49. The molecule has 22 heavy (non-hydrogen) atoms. The second kappa shape index (κ2) is 5.79. The fraction of sp³-hybridized carbons (Fsp3) is 0.125. The highest BCUT2D eigenvalue weighted by Gasteiger charge is 2.21. The van der Waals surface area contributed by atoms with E-state index < -0.39 is 0 Å². The highest BCUT2D eigenvalue weighted by molar-refractivity contribution is 6.34. The molecule has 0 bridgehead atoms. The molecule has 0 aliphatic heterocycles.